The summed E-state index contributed by atoms with van der Waals surface area (Å²) < 4.78 is 0. The topological polar surface area (TPSA) is 32.3 Å². The molecule has 1 N–H and O–H groups in total. The molecule has 1 heterocycles. The smallest absolute Gasteiger partial charge is 0.260 e. The molecule has 3 aromatic carbocycles. The number of rotatable bonds is 3. The highest BCUT2D eigenvalue weighted by molar-refractivity contribution is 6.35. The Morgan fingerprint density at radius 2 is 1.69 bits per heavy atom. The molecule has 5 heteroatoms. The van der Waals surface area contributed by atoms with Crippen molar-refractivity contribution in [3.8, 4) is 0 Å². The normalized spacial score (nSPS) is 15.9. The van der Waals surface area contributed by atoms with Crippen LogP contribution < -0.4 is 10.2 Å². The van der Waals surface area contributed by atoms with Crippen molar-refractivity contribution >= 4 is 40.5 Å². The number of halogens is 2. The van der Waals surface area contributed by atoms with E-state index in [9.17, 15) is 4.79 Å². The molecule has 1 aliphatic rings. The first kappa shape index (κ1) is 17.0. The van der Waals surface area contributed by atoms with E-state index in [-0.39, 0.29) is 12.1 Å². The number of para-hydroxylation sites is 1. The monoisotopic (exact) mass is 382 g/mol. The second-order valence-electron chi connectivity index (χ2n) is 6.22. The number of amides is 1. The zero-order chi connectivity index (χ0) is 18.3. The summed E-state index contributed by atoms with van der Waals surface area (Å²) in [6.45, 7) is 2.00. The average Bonchev–Trinajstić information content (AvgIpc) is 2.91. The number of nitrogens with one attached hydrogen (secondary N) is 1. The summed E-state index contributed by atoms with van der Waals surface area (Å²) in [5.41, 5.74) is 4.18. The third-order valence-electron chi connectivity index (χ3n) is 4.56. The van der Waals surface area contributed by atoms with Crippen molar-refractivity contribution in [2.45, 2.75) is 13.1 Å². The fraction of sp³-hybridized carbons (Fsp3) is 0.0952. The number of anilines is 2. The van der Waals surface area contributed by atoms with Gasteiger partial charge in [-0.15, -0.1) is 0 Å². The van der Waals surface area contributed by atoms with Crippen molar-refractivity contribution in [2.24, 2.45) is 0 Å². The number of benzene rings is 3. The van der Waals surface area contributed by atoms with E-state index in [0.717, 1.165) is 16.8 Å². The number of hydrogen-bond acceptors (Lipinski definition) is 2. The molecule has 130 valence electrons. The second-order valence-corrected chi connectivity index (χ2v) is 7.06. The summed E-state index contributed by atoms with van der Waals surface area (Å²) in [6.07, 6.45) is -0.365. The minimum absolute atomic E-state index is 0.0365. The van der Waals surface area contributed by atoms with Gasteiger partial charge in [-0.1, -0.05) is 59.6 Å². The highest BCUT2D eigenvalue weighted by atomic mass is 35.5. The first-order valence-corrected chi connectivity index (χ1v) is 9.01. The van der Waals surface area contributed by atoms with Crippen LogP contribution in [0, 0.1) is 6.92 Å². The van der Waals surface area contributed by atoms with Gasteiger partial charge < -0.3 is 5.32 Å². The van der Waals surface area contributed by atoms with E-state index in [1.54, 1.807) is 23.1 Å². The lowest BCUT2D eigenvalue weighted by molar-refractivity contribution is 0.0993. The molecule has 1 atom stereocenters. The van der Waals surface area contributed by atoms with Gasteiger partial charge in [0.2, 0.25) is 0 Å². The molecule has 0 aliphatic carbocycles. The number of aryl methyl sites for hydroxylation is 1. The molecule has 0 radical (unpaired) electrons. The van der Waals surface area contributed by atoms with Gasteiger partial charge >= 0.3 is 0 Å². The maximum atomic E-state index is 13.1. The SMILES string of the molecule is Cc1ccccc1N1C(=O)c2ccccc2C1Nc1cc(Cl)ccc1Cl. The van der Waals surface area contributed by atoms with Gasteiger partial charge in [-0.25, -0.2) is 0 Å². The Bertz CT molecular complexity index is 1000. The number of carbonyl (C=O) groups is 1. The maximum Gasteiger partial charge on any atom is 0.260 e. The lowest BCUT2D eigenvalue weighted by Crippen LogP contribution is -2.32. The summed E-state index contributed by atoms with van der Waals surface area (Å²) in [6, 6.07) is 20.7. The molecule has 3 nitrogen and oxygen atoms in total. The summed E-state index contributed by atoms with van der Waals surface area (Å²) in [4.78, 5) is 14.9. The molecule has 0 bridgehead atoms. The van der Waals surface area contributed by atoms with Crippen molar-refractivity contribution in [2.75, 3.05) is 10.2 Å². The lowest BCUT2D eigenvalue weighted by atomic mass is 10.1. The molecule has 0 spiro atoms. The van der Waals surface area contributed by atoms with Gasteiger partial charge in [-0.3, -0.25) is 9.69 Å². The summed E-state index contributed by atoms with van der Waals surface area (Å²) >= 11 is 12.5. The summed E-state index contributed by atoms with van der Waals surface area (Å²) in [5.74, 6) is -0.0365. The van der Waals surface area contributed by atoms with Crippen LogP contribution in [-0.2, 0) is 0 Å². The van der Waals surface area contributed by atoms with E-state index in [1.807, 2.05) is 55.5 Å². The third kappa shape index (κ3) is 2.83. The van der Waals surface area contributed by atoms with Crippen LogP contribution in [0.15, 0.2) is 66.7 Å². The van der Waals surface area contributed by atoms with E-state index < -0.39 is 0 Å². The van der Waals surface area contributed by atoms with Crippen LogP contribution in [0.25, 0.3) is 0 Å². The van der Waals surface area contributed by atoms with Gasteiger partial charge in [0, 0.05) is 21.8 Å². The van der Waals surface area contributed by atoms with Crippen LogP contribution in [0.1, 0.15) is 27.7 Å². The molecular weight excluding hydrogens is 367 g/mol. The number of fused-ring (bicyclic) bond motifs is 1. The van der Waals surface area contributed by atoms with E-state index in [0.29, 0.717) is 21.3 Å². The van der Waals surface area contributed by atoms with E-state index >= 15 is 0 Å². The van der Waals surface area contributed by atoms with Crippen LogP contribution >= 0.6 is 23.2 Å². The Morgan fingerprint density at radius 1 is 0.962 bits per heavy atom. The van der Waals surface area contributed by atoms with Gasteiger partial charge in [-0.05, 0) is 42.8 Å². The van der Waals surface area contributed by atoms with Gasteiger partial charge in [0.25, 0.3) is 5.91 Å². The first-order valence-electron chi connectivity index (χ1n) is 8.26. The Kier molecular flexibility index (Phi) is 4.35. The lowest BCUT2D eigenvalue weighted by Gasteiger charge is -2.28. The van der Waals surface area contributed by atoms with Crippen LogP contribution in [0.3, 0.4) is 0 Å². The molecule has 26 heavy (non-hydrogen) atoms. The second kappa shape index (κ2) is 6.67. The van der Waals surface area contributed by atoms with Gasteiger partial charge in [0.1, 0.15) is 6.17 Å². The predicted octanol–water partition coefficient (Wildman–Crippen LogP) is 6.07. The van der Waals surface area contributed by atoms with Crippen molar-refractivity contribution in [1.82, 2.24) is 0 Å². The molecule has 0 saturated heterocycles. The van der Waals surface area contributed by atoms with Crippen LogP contribution in [0.2, 0.25) is 10.0 Å². The standard InChI is InChI=1S/C21H16Cl2N2O/c1-13-6-2-5-9-19(13)25-20(15-7-3-4-8-16(15)21(25)26)24-18-12-14(22)10-11-17(18)23/h2-12,20,24H,1H3. The fourth-order valence-corrected chi connectivity index (χ4v) is 3.64. The van der Waals surface area contributed by atoms with Crippen LogP contribution in [-0.4, -0.2) is 5.91 Å². The molecule has 0 saturated carbocycles. The maximum absolute atomic E-state index is 13.1. The zero-order valence-electron chi connectivity index (χ0n) is 14.0. The van der Waals surface area contributed by atoms with Crippen molar-refractivity contribution in [1.29, 1.82) is 0 Å². The molecule has 1 unspecified atom stereocenters. The Labute approximate surface area is 162 Å². The third-order valence-corrected chi connectivity index (χ3v) is 5.12. The average molecular weight is 383 g/mol. The highest BCUT2D eigenvalue weighted by Gasteiger charge is 2.38. The quantitative estimate of drug-likeness (QED) is 0.595. The van der Waals surface area contributed by atoms with Crippen molar-refractivity contribution in [3.63, 3.8) is 0 Å². The Hall–Kier alpha value is -2.49. The predicted molar refractivity (Wildman–Crippen MR) is 107 cm³/mol. The van der Waals surface area contributed by atoms with E-state index in [4.69, 9.17) is 23.2 Å². The molecule has 0 aromatic heterocycles. The molecule has 1 aliphatic heterocycles. The molecule has 0 fully saturated rings. The van der Waals surface area contributed by atoms with Gasteiger partial charge in [-0.2, -0.15) is 0 Å². The molecule has 3 aromatic rings. The summed E-state index contributed by atoms with van der Waals surface area (Å²) in [5, 5.41) is 4.53. The Morgan fingerprint density at radius 3 is 2.50 bits per heavy atom. The molecular formula is C21H16Cl2N2O. The molecule has 4 rings (SSSR count). The Balaban J connectivity index is 1.84. The first-order chi connectivity index (χ1) is 12.6. The molecule has 1 amide bonds. The van der Waals surface area contributed by atoms with Crippen LogP contribution in [0.5, 0.6) is 0 Å². The van der Waals surface area contributed by atoms with Crippen molar-refractivity contribution in [3.05, 3.63) is 93.5 Å². The van der Waals surface area contributed by atoms with Gasteiger partial charge in [0.15, 0.2) is 0 Å². The minimum Gasteiger partial charge on any atom is -0.360 e. The summed E-state index contributed by atoms with van der Waals surface area (Å²) in [7, 11) is 0. The van der Waals surface area contributed by atoms with Crippen molar-refractivity contribution < 1.29 is 4.79 Å². The number of hydrogen-bond donors (Lipinski definition) is 1. The number of nitrogens with zero attached hydrogens (tertiary/aromatic N) is 1. The van der Waals surface area contributed by atoms with Gasteiger partial charge in [0.05, 0.1) is 10.7 Å². The van der Waals surface area contributed by atoms with E-state index in [1.165, 1.54) is 0 Å². The fourth-order valence-electron chi connectivity index (χ4n) is 3.30. The largest absolute Gasteiger partial charge is 0.360 e. The zero-order valence-corrected chi connectivity index (χ0v) is 15.6. The number of carbonyl (C=O) groups excluding carboxylic acids is 1. The van der Waals surface area contributed by atoms with Crippen LogP contribution in [0.4, 0.5) is 11.4 Å². The van der Waals surface area contributed by atoms with E-state index in [2.05, 4.69) is 5.32 Å². The highest BCUT2D eigenvalue weighted by Crippen LogP contribution is 2.40. The minimum atomic E-state index is -0.365.